The van der Waals surface area contributed by atoms with E-state index in [0.29, 0.717) is 15.4 Å². The summed E-state index contributed by atoms with van der Waals surface area (Å²) < 4.78 is 27.5. The van der Waals surface area contributed by atoms with E-state index in [1.807, 2.05) is 0 Å². The van der Waals surface area contributed by atoms with Gasteiger partial charge in [-0.2, -0.15) is 0 Å². The number of hydrogen-bond acceptors (Lipinski definition) is 5. The van der Waals surface area contributed by atoms with Gasteiger partial charge in [0.1, 0.15) is 6.54 Å². The number of aromatic nitrogens is 1. The molecule has 1 heterocycles. The van der Waals surface area contributed by atoms with E-state index in [4.69, 9.17) is 23.2 Å². The van der Waals surface area contributed by atoms with E-state index in [-0.39, 0.29) is 15.6 Å². The molecule has 0 bridgehead atoms. The van der Waals surface area contributed by atoms with Crippen LogP contribution in [0.4, 0.5) is 11.4 Å². The Morgan fingerprint density at radius 2 is 1.93 bits per heavy atom. The minimum atomic E-state index is -3.78. The minimum absolute atomic E-state index is 0.112. The van der Waals surface area contributed by atoms with E-state index in [9.17, 15) is 18.0 Å². The van der Waals surface area contributed by atoms with Crippen LogP contribution in [0.3, 0.4) is 0 Å². The maximum absolute atomic E-state index is 12.5. The van der Waals surface area contributed by atoms with Crippen LogP contribution in [0.1, 0.15) is 0 Å². The van der Waals surface area contributed by atoms with Crippen LogP contribution in [-0.2, 0) is 21.9 Å². The number of aryl methyl sites for hydroxylation is 1. The average Bonchev–Trinajstić information content (AvgIpc) is 2.86. The maximum Gasteiger partial charge on any atom is 0.307 e. The number of fused-ring (bicyclic) bond motifs is 1. The summed E-state index contributed by atoms with van der Waals surface area (Å²) in [5, 5.41) is 3.11. The van der Waals surface area contributed by atoms with Crippen molar-refractivity contribution in [3.05, 3.63) is 56.1 Å². The molecule has 0 aliphatic carbocycles. The standard InChI is InChI=1S/C17H15Cl2N3O4S2/c1-21-14-6-4-11(8-15(14)27-17(21)24)20-16(23)9-22(28(2,25)26)13-5-3-10(18)7-12(13)19/h3-8H,9H2,1-2H3,(H,20,23). The molecular formula is C17H15Cl2N3O4S2. The summed E-state index contributed by atoms with van der Waals surface area (Å²) in [6, 6.07) is 9.36. The van der Waals surface area contributed by atoms with Gasteiger partial charge in [-0.05, 0) is 36.4 Å². The smallest absolute Gasteiger partial charge is 0.307 e. The minimum Gasteiger partial charge on any atom is -0.324 e. The lowest BCUT2D eigenvalue weighted by Gasteiger charge is -2.23. The zero-order chi connectivity index (χ0) is 20.6. The number of amides is 1. The zero-order valence-electron chi connectivity index (χ0n) is 14.8. The summed E-state index contributed by atoms with van der Waals surface area (Å²) in [6.07, 6.45) is 0.985. The fraction of sp³-hybridized carbons (Fsp3) is 0.176. The molecule has 1 aromatic heterocycles. The SMILES string of the molecule is Cn1c(=O)sc2cc(NC(=O)CN(c3ccc(Cl)cc3Cl)S(C)(=O)=O)ccc21. The highest BCUT2D eigenvalue weighted by Gasteiger charge is 2.23. The molecule has 0 radical (unpaired) electrons. The topological polar surface area (TPSA) is 88.5 Å². The first-order valence-electron chi connectivity index (χ1n) is 7.88. The van der Waals surface area contributed by atoms with Crippen molar-refractivity contribution in [1.29, 1.82) is 0 Å². The third-order valence-corrected chi connectivity index (χ3v) is 6.60. The van der Waals surface area contributed by atoms with Crippen LogP contribution in [-0.4, -0.2) is 31.7 Å². The predicted octanol–water partition coefficient (Wildman–Crippen LogP) is 3.31. The van der Waals surface area contributed by atoms with Gasteiger partial charge >= 0.3 is 4.87 Å². The molecule has 0 spiro atoms. The second-order valence-corrected chi connectivity index (χ2v) is 9.77. The normalized spacial score (nSPS) is 11.6. The van der Waals surface area contributed by atoms with E-state index in [0.717, 1.165) is 27.4 Å². The summed E-state index contributed by atoms with van der Waals surface area (Å²) in [4.78, 5) is 24.1. The highest BCUT2D eigenvalue weighted by atomic mass is 35.5. The van der Waals surface area contributed by atoms with Crippen molar-refractivity contribution in [2.24, 2.45) is 7.05 Å². The Morgan fingerprint density at radius 1 is 1.21 bits per heavy atom. The number of thiazole rings is 1. The molecule has 0 atom stereocenters. The Kier molecular flexibility index (Phi) is 5.72. The fourth-order valence-corrected chi connectivity index (χ4v) is 4.95. The van der Waals surface area contributed by atoms with Crippen LogP contribution < -0.4 is 14.5 Å². The highest BCUT2D eigenvalue weighted by molar-refractivity contribution is 7.92. The van der Waals surface area contributed by atoms with Crippen molar-refractivity contribution in [1.82, 2.24) is 4.57 Å². The summed E-state index contributed by atoms with van der Waals surface area (Å²) in [5.74, 6) is -0.556. The van der Waals surface area contributed by atoms with Gasteiger partial charge in [0.05, 0.1) is 27.2 Å². The monoisotopic (exact) mass is 459 g/mol. The lowest BCUT2D eigenvalue weighted by Crippen LogP contribution is -2.37. The Balaban J connectivity index is 1.85. The first kappa shape index (κ1) is 20.7. The Labute approximate surface area is 175 Å². The van der Waals surface area contributed by atoms with Gasteiger partial charge in [0.2, 0.25) is 15.9 Å². The van der Waals surface area contributed by atoms with Crippen molar-refractivity contribution in [3.63, 3.8) is 0 Å². The van der Waals surface area contributed by atoms with E-state index < -0.39 is 22.5 Å². The summed E-state index contributed by atoms with van der Waals surface area (Å²) in [5.41, 5.74) is 1.36. The van der Waals surface area contributed by atoms with Crippen molar-refractivity contribution in [2.45, 2.75) is 0 Å². The van der Waals surface area contributed by atoms with Gasteiger partial charge < -0.3 is 9.88 Å². The number of carbonyl (C=O) groups excluding carboxylic acids is 1. The lowest BCUT2D eigenvalue weighted by molar-refractivity contribution is -0.114. The van der Waals surface area contributed by atoms with E-state index >= 15 is 0 Å². The molecule has 1 N–H and O–H groups in total. The number of anilines is 2. The number of nitrogens with zero attached hydrogens (tertiary/aromatic N) is 2. The van der Waals surface area contributed by atoms with E-state index in [1.54, 1.807) is 25.2 Å². The maximum atomic E-state index is 12.5. The Bertz CT molecular complexity index is 1230. The van der Waals surface area contributed by atoms with Crippen LogP contribution in [0.15, 0.2) is 41.2 Å². The summed E-state index contributed by atoms with van der Waals surface area (Å²) in [7, 11) is -2.11. The van der Waals surface area contributed by atoms with Crippen LogP contribution in [0.2, 0.25) is 10.0 Å². The number of halogens is 2. The Hall–Kier alpha value is -2.07. The lowest BCUT2D eigenvalue weighted by atomic mass is 10.3. The molecule has 0 saturated carbocycles. The molecule has 148 valence electrons. The Morgan fingerprint density at radius 3 is 2.57 bits per heavy atom. The highest BCUT2D eigenvalue weighted by Crippen LogP contribution is 2.30. The van der Waals surface area contributed by atoms with E-state index in [1.165, 1.54) is 22.8 Å². The third kappa shape index (κ3) is 4.33. The first-order chi connectivity index (χ1) is 13.1. The number of rotatable bonds is 5. The van der Waals surface area contributed by atoms with Crippen LogP contribution in [0, 0.1) is 0 Å². The molecule has 11 heteroatoms. The third-order valence-electron chi connectivity index (χ3n) is 3.94. The number of nitrogens with one attached hydrogen (secondary N) is 1. The molecule has 0 unspecified atom stereocenters. The fourth-order valence-electron chi connectivity index (χ4n) is 2.61. The zero-order valence-corrected chi connectivity index (χ0v) is 17.9. The van der Waals surface area contributed by atoms with Crippen LogP contribution in [0.25, 0.3) is 10.2 Å². The van der Waals surface area contributed by atoms with Gasteiger partial charge in [0.15, 0.2) is 0 Å². The predicted molar refractivity (Wildman–Crippen MR) is 114 cm³/mol. The van der Waals surface area contributed by atoms with Gasteiger partial charge in [-0.15, -0.1) is 0 Å². The van der Waals surface area contributed by atoms with Crippen molar-refractivity contribution in [2.75, 3.05) is 22.4 Å². The molecule has 0 aliphatic rings. The van der Waals surface area contributed by atoms with Gasteiger partial charge in [-0.1, -0.05) is 34.5 Å². The van der Waals surface area contributed by atoms with E-state index in [2.05, 4.69) is 5.32 Å². The van der Waals surface area contributed by atoms with Crippen molar-refractivity contribution in [3.8, 4) is 0 Å². The number of carbonyl (C=O) groups is 1. The molecule has 7 nitrogen and oxygen atoms in total. The second kappa shape index (κ2) is 7.75. The number of hydrogen-bond donors (Lipinski definition) is 1. The van der Waals surface area contributed by atoms with Crippen LogP contribution in [0.5, 0.6) is 0 Å². The number of sulfonamides is 1. The molecule has 0 saturated heterocycles. The molecule has 3 rings (SSSR count). The second-order valence-electron chi connectivity index (χ2n) is 6.02. The molecule has 0 aliphatic heterocycles. The van der Waals surface area contributed by atoms with Gasteiger partial charge in [-0.25, -0.2) is 8.42 Å². The first-order valence-corrected chi connectivity index (χ1v) is 11.3. The number of benzene rings is 2. The van der Waals surface area contributed by atoms with Crippen LogP contribution >= 0.6 is 34.5 Å². The molecule has 1 amide bonds. The largest absolute Gasteiger partial charge is 0.324 e. The molecular weight excluding hydrogens is 445 g/mol. The molecule has 0 fully saturated rings. The quantitative estimate of drug-likeness (QED) is 0.633. The van der Waals surface area contributed by atoms with Gasteiger partial charge in [0, 0.05) is 17.8 Å². The van der Waals surface area contributed by atoms with Crippen molar-refractivity contribution >= 4 is 72.1 Å². The van der Waals surface area contributed by atoms with Gasteiger partial charge in [0.25, 0.3) is 0 Å². The molecule has 28 heavy (non-hydrogen) atoms. The molecule has 3 aromatic rings. The summed E-state index contributed by atoms with van der Waals surface area (Å²) in [6.45, 7) is -0.469. The average molecular weight is 460 g/mol. The van der Waals surface area contributed by atoms with Gasteiger partial charge in [-0.3, -0.25) is 13.9 Å². The molecule has 2 aromatic carbocycles. The van der Waals surface area contributed by atoms with Crippen molar-refractivity contribution < 1.29 is 13.2 Å². The summed E-state index contributed by atoms with van der Waals surface area (Å²) >= 11 is 13.0.